The molecule has 1 aliphatic carbocycles. The summed E-state index contributed by atoms with van der Waals surface area (Å²) in [6.45, 7) is 8.22. The third-order valence-corrected chi connectivity index (χ3v) is 5.92. The van der Waals surface area contributed by atoms with Gasteiger partial charge in [-0.15, -0.1) is 35.3 Å². The number of rotatable bonds is 6. The Morgan fingerprint density at radius 3 is 2.56 bits per heavy atom. The molecule has 1 aromatic rings. The molecule has 1 unspecified atom stereocenters. The van der Waals surface area contributed by atoms with Crippen molar-refractivity contribution in [3.8, 4) is 0 Å². The Hall–Kier alpha value is -0.540. The second-order valence-corrected chi connectivity index (χ2v) is 7.91. The van der Waals surface area contributed by atoms with E-state index in [4.69, 9.17) is 4.99 Å². The van der Waals surface area contributed by atoms with E-state index in [0.717, 1.165) is 51.1 Å². The SMILES string of the molecule is CCNC(=NCC(C1CC1)N(C)C)N1CCN(c2cccs2)CC1.I. The van der Waals surface area contributed by atoms with Gasteiger partial charge in [-0.05, 0) is 57.3 Å². The van der Waals surface area contributed by atoms with E-state index < -0.39 is 0 Å². The zero-order valence-electron chi connectivity index (χ0n) is 15.6. The van der Waals surface area contributed by atoms with Gasteiger partial charge in [-0.2, -0.15) is 0 Å². The molecule has 1 atom stereocenters. The Morgan fingerprint density at radius 1 is 1.32 bits per heavy atom. The molecule has 5 nitrogen and oxygen atoms in total. The number of guanidine groups is 1. The zero-order chi connectivity index (χ0) is 16.9. The minimum atomic E-state index is 0. The molecule has 2 heterocycles. The highest BCUT2D eigenvalue weighted by atomic mass is 127. The van der Waals surface area contributed by atoms with Gasteiger partial charge in [-0.1, -0.05) is 0 Å². The van der Waals surface area contributed by atoms with Crippen LogP contribution in [0.25, 0.3) is 0 Å². The van der Waals surface area contributed by atoms with E-state index >= 15 is 0 Å². The van der Waals surface area contributed by atoms with E-state index in [-0.39, 0.29) is 24.0 Å². The van der Waals surface area contributed by atoms with E-state index in [1.807, 2.05) is 11.3 Å². The molecular formula is C18H32IN5S. The normalized spacial score (nSPS) is 19.8. The molecular weight excluding hydrogens is 445 g/mol. The van der Waals surface area contributed by atoms with Crippen LogP contribution in [0.4, 0.5) is 5.00 Å². The van der Waals surface area contributed by atoms with Crippen molar-refractivity contribution >= 4 is 46.3 Å². The highest BCUT2D eigenvalue weighted by molar-refractivity contribution is 14.0. The van der Waals surface area contributed by atoms with Crippen molar-refractivity contribution in [2.24, 2.45) is 10.9 Å². The molecule has 3 rings (SSSR count). The summed E-state index contributed by atoms with van der Waals surface area (Å²) in [5.74, 6) is 1.94. The second kappa shape index (κ2) is 9.97. The van der Waals surface area contributed by atoms with E-state index in [1.165, 1.54) is 17.8 Å². The zero-order valence-corrected chi connectivity index (χ0v) is 18.8. The topological polar surface area (TPSA) is 34.1 Å². The van der Waals surface area contributed by atoms with Gasteiger partial charge in [0.25, 0.3) is 0 Å². The molecule has 2 fully saturated rings. The van der Waals surface area contributed by atoms with Crippen LogP contribution in [-0.4, -0.2) is 75.2 Å². The van der Waals surface area contributed by atoms with Gasteiger partial charge in [0.1, 0.15) is 0 Å². The first-order chi connectivity index (χ1) is 11.7. The first-order valence-corrected chi connectivity index (χ1v) is 10.0. The number of halogens is 1. The lowest BCUT2D eigenvalue weighted by molar-refractivity contribution is 0.269. The first-order valence-electron chi connectivity index (χ1n) is 9.17. The van der Waals surface area contributed by atoms with Gasteiger partial charge in [0.05, 0.1) is 11.5 Å². The highest BCUT2D eigenvalue weighted by Crippen LogP contribution is 2.34. The van der Waals surface area contributed by atoms with Gasteiger partial charge in [-0.3, -0.25) is 4.99 Å². The van der Waals surface area contributed by atoms with Crippen molar-refractivity contribution in [2.75, 3.05) is 58.3 Å². The largest absolute Gasteiger partial charge is 0.360 e. The molecule has 1 saturated heterocycles. The fourth-order valence-electron chi connectivity index (χ4n) is 3.41. The standard InChI is InChI=1S/C18H31N5S.HI/c1-4-19-18(20-14-16(21(2)3)15-7-8-15)23-11-9-22(10-12-23)17-6-5-13-24-17;/h5-6,13,15-16H,4,7-12,14H2,1-3H3,(H,19,20);1H. The van der Waals surface area contributed by atoms with Crippen LogP contribution in [0, 0.1) is 5.92 Å². The monoisotopic (exact) mass is 477 g/mol. The summed E-state index contributed by atoms with van der Waals surface area (Å²) >= 11 is 1.83. The molecule has 0 amide bonds. The Kier molecular flexibility index (Phi) is 8.28. The number of anilines is 1. The Bertz CT molecular complexity index is 520. The average molecular weight is 477 g/mol. The summed E-state index contributed by atoms with van der Waals surface area (Å²) in [5.41, 5.74) is 0. The predicted octanol–water partition coefficient (Wildman–Crippen LogP) is 2.79. The van der Waals surface area contributed by atoms with Gasteiger partial charge in [0.15, 0.2) is 5.96 Å². The van der Waals surface area contributed by atoms with Crippen LogP contribution in [0.3, 0.4) is 0 Å². The number of likely N-dealkylation sites (N-methyl/N-ethyl adjacent to an activating group) is 1. The van der Waals surface area contributed by atoms with E-state index in [0.29, 0.717) is 6.04 Å². The molecule has 2 aliphatic rings. The maximum Gasteiger partial charge on any atom is 0.194 e. The van der Waals surface area contributed by atoms with Crippen molar-refractivity contribution in [3.63, 3.8) is 0 Å². The van der Waals surface area contributed by atoms with Gasteiger partial charge in [0, 0.05) is 38.8 Å². The van der Waals surface area contributed by atoms with Crippen LogP contribution in [0.5, 0.6) is 0 Å². The van der Waals surface area contributed by atoms with E-state index in [1.54, 1.807) is 0 Å². The Morgan fingerprint density at radius 2 is 2.04 bits per heavy atom. The molecule has 0 bridgehead atoms. The summed E-state index contributed by atoms with van der Waals surface area (Å²) in [7, 11) is 4.37. The van der Waals surface area contributed by atoms with Crippen LogP contribution in [0.2, 0.25) is 0 Å². The number of piperazine rings is 1. The van der Waals surface area contributed by atoms with Gasteiger partial charge < -0.3 is 20.0 Å². The Labute approximate surface area is 173 Å². The fourth-order valence-corrected chi connectivity index (χ4v) is 4.19. The molecule has 0 spiro atoms. The van der Waals surface area contributed by atoms with Crippen LogP contribution < -0.4 is 10.2 Å². The smallest absolute Gasteiger partial charge is 0.194 e. The van der Waals surface area contributed by atoms with Crippen molar-refractivity contribution in [1.29, 1.82) is 0 Å². The second-order valence-electron chi connectivity index (χ2n) is 6.99. The predicted molar refractivity (Wildman–Crippen MR) is 120 cm³/mol. The highest BCUT2D eigenvalue weighted by Gasteiger charge is 2.32. The molecule has 1 saturated carbocycles. The molecule has 0 aromatic carbocycles. The summed E-state index contributed by atoms with van der Waals surface area (Å²) in [6.07, 6.45) is 2.74. The number of hydrogen-bond donors (Lipinski definition) is 1. The van der Waals surface area contributed by atoms with Crippen molar-refractivity contribution in [2.45, 2.75) is 25.8 Å². The van der Waals surface area contributed by atoms with Crippen LogP contribution in [0.15, 0.2) is 22.5 Å². The number of aliphatic imine (C=N–C) groups is 1. The van der Waals surface area contributed by atoms with Crippen LogP contribution in [-0.2, 0) is 0 Å². The van der Waals surface area contributed by atoms with Crippen molar-refractivity contribution < 1.29 is 0 Å². The fraction of sp³-hybridized carbons (Fsp3) is 0.722. The third kappa shape index (κ3) is 5.72. The summed E-state index contributed by atoms with van der Waals surface area (Å²) in [6, 6.07) is 4.94. The van der Waals surface area contributed by atoms with Crippen molar-refractivity contribution in [1.82, 2.24) is 15.1 Å². The minimum Gasteiger partial charge on any atom is -0.360 e. The summed E-state index contributed by atoms with van der Waals surface area (Å²) < 4.78 is 0. The third-order valence-electron chi connectivity index (χ3n) is 4.99. The number of hydrogen-bond acceptors (Lipinski definition) is 4. The lowest BCUT2D eigenvalue weighted by Gasteiger charge is -2.37. The van der Waals surface area contributed by atoms with Crippen LogP contribution in [0.1, 0.15) is 19.8 Å². The van der Waals surface area contributed by atoms with Gasteiger partial charge >= 0.3 is 0 Å². The molecule has 1 aromatic heterocycles. The summed E-state index contributed by atoms with van der Waals surface area (Å²) in [5, 5.41) is 7.04. The quantitative estimate of drug-likeness (QED) is 0.388. The van der Waals surface area contributed by atoms with Gasteiger partial charge in [0.2, 0.25) is 0 Å². The first kappa shape index (κ1) is 20.8. The number of nitrogens with zero attached hydrogens (tertiary/aromatic N) is 4. The molecule has 0 radical (unpaired) electrons. The number of nitrogens with one attached hydrogen (secondary N) is 1. The average Bonchev–Trinajstić information content (AvgIpc) is 3.26. The molecule has 1 aliphatic heterocycles. The summed E-state index contributed by atoms with van der Waals surface area (Å²) in [4.78, 5) is 12.2. The van der Waals surface area contributed by atoms with Crippen LogP contribution >= 0.6 is 35.3 Å². The molecule has 7 heteroatoms. The van der Waals surface area contributed by atoms with Crippen molar-refractivity contribution in [3.05, 3.63) is 17.5 Å². The molecule has 1 N–H and O–H groups in total. The van der Waals surface area contributed by atoms with E-state index in [9.17, 15) is 0 Å². The maximum absolute atomic E-state index is 4.98. The van der Waals surface area contributed by atoms with E-state index in [2.05, 4.69) is 58.5 Å². The maximum atomic E-state index is 4.98. The molecule has 142 valence electrons. The Balaban J connectivity index is 0.00000225. The number of thiophene rings is 1. The minimum absolute atomic E-state index is 0. The lowest BCUT2D eigenvalue weighted by atomic mass is 10.2. The van der Waals surface area contributed by atoms with Gasteiger partial charge in [-0.25, -0.2) is 0 Å². The lowest BCUT2D eigenvalue weighted by Crippen LogP contribution is -2.52. The molecule has 25 heavy (non-hydrogen) atoms.